The summed E-state index contributed by atoms with van der Waals surface area (Å²) in [5, 5.41) is 9.64. The highest BCUT2D eigenvalue weighted by molar-refractivity contribution is 6.13. The molecular weight excluding hydrogens is 584 g/mol. The van der Waals surface area contributed by atoms with Gasteiger partial charge in [0.05, 0.1) is 0 Å². The van der Waals surface area contributed by atoms with E-state index in [-0.39, 0.29) is 22.7 Å². The maximum Gasteiger partial charge on any atom is 0.193 e. The fraction of sp³-hybridized carbons (Fsp3) is 0.0952. The lowest BCUT2D eigenvalue weighted by molar-refractivity contribution is 0.103. The molecule has 0 spiro atoms. The Morgan fingerprint density at radius 1 is 0.489 bits per heavy atom. The molecule has 6 aromatic rings. The number of ether oxygens (including phenoxy) is 2. The molecule has 0 aliphatic rings. The van der Waals surface area contributed by atoms with E-state index in [1.54, 1.807) is 84.9 Å². The maximum atomic E-state index is 13.4. The van der Waals surface area contributed by atoms with Crippen LogP contribution in [0.1, 0.15) is 62.4 Å². The van der Waals surface area contributed by atoms with Crippen molar-refractivity contribution in [3.05, 3.63) is 185 Å². The molecule has 0 saturated carbocycles. The van der Waals surface area contributed by atoms with Crippen molar-refractivity contribution >= 4 is 11.6 Å². The second-order valence-corrected chi connectivity index (χ2v) is 12.0. The smallest absolute Gasteiger partial charge is 0.193 e. The molecule has 0 fully saturated rings. The molecule has 0 aliphatic carbocycles. The number of phenols is 1. The van der Waals surface area contributed by atoms with Crippen LogP contribution in [-0.4, -0.2) is 16.7 Å². The standard InChI is InChI=1S/C42H34O5/c1-28-6-4-9-39(26-28)47-37-22-12-30(13-23-37)41(45)32-8-5-7-31(27-32)40(44)29-10-20-36(21-11-29)46-38-24-16-34(17-25-38)42(2,3)33-14-18-35(43)19-15-33/h4-27,43H,1-3H3. The summed E-state index contributed by atoms with van der Waals surface area (Å²) in [7, 11) is 0. The molecule has 0 heterocycles. The molecule has 0 atom stereocenters. The molecule has 1 N–H and O–H groups in total. The highest BCUT2D eigenvalue weighted by Gasteiger charge is 2.23. The number of carbonyl (C=O) groups is 2. The molecule has 0 saturated heterocycles. The number of aromatic hydroxyl groups is 1. The van der Waals surface area contributed by atoms with Crippen molar-refractivity contribution in [1.29, 1.82) is 0 Å². The average molecular weight is 619 g/mol. The number of benzene rings is 6. The van der Waals surface area contributed by atoms with Gasteiger partial charge in [-0.15, -0.1) is 0 Å². The molecular formula is C42H34O5. The van der Waals surface area contributed by atoms with Crippen LogP contribution in [0.2, 0.25) is 0 Å². The number of aryl methyl sites for hydroxylation is 1. The van der Waals surface area contributed by atoms with Crippen LogP contribution >= 0.6 is 0 Å². The average Bonchev–Trinajstić information content (AvgIpc) is 3.09. The van der Waals surface area contributed by atoms with E-state index in [9.17, 15) is 14.7 Å². The van der Waals surface area contributed by atoms with Crippen molar-refractivity contribution in [3.8, 4) is 28.7 Å². The van der Waals surface area contributed by atoms with Crippen molar-refractivity contribution in [2.24, 2.45) is 0 Å². The van der Waals surface area contributed by atoms with E-state index < -0.39 is 0 Å². The Labute approximate surface area is 274 Å². The minimum Gasteiger partial charge on any atom is -0.508 e. The largest absolute Gasteiger partial charge is 0.508 e. The Kier molecular flexibility index (Phi) is 8.72. The minimum absolute atomic E-state index is 0.178. The van der Waals surface area contributed by atoms with Crippen LogP contribution in [0.4, 0.5) is 0 Å². The van der Waals surface area contributed by atoms with Gasteiger partial charge in [-0.1, -0.05) is 68.4 Å². The normalized spacial score (nSPS) is 11.1. The van der Waals surface area contributed by atoms with E-state index in [4.69, 9.17) is 9.47 Å². The van der Waals surface area contributed by atoms with Crippen LogP contribution in [0, 0.1) is 6.92 Å². The third kappa shape index (κ3) is 7.15. The van der Waals surface area contributed by atoms with Crippen LogP contribution in [0.15, 0.2) is 146 Å². The predicted octanol–water partition coefficient (Wildman–Crippen LogP) is 10.1. The number of ketones is 2. The molecule has 0 aliphatic heterocycles. The maximum absolute atomic E-state index is 13.4. The Morgan fingerprint density at radius 3 is 1.40 bits per heavy atom. The van der Waals surface area contributed by atoms with Crippen molar-refractivity contribution < 1.29 is 24.2 Å². The van der Waals surface area contributed by atoms with E-state index >= 15 is 0 Å². The minimum atomic E-state index is -0.252. The Balaban J connectivity index is 1.10. The lowest BCUT2D eigenvalue weighted by Gasteiger charge is -2.26. The summed E-state index contributed by atoms with van der Waals surface area (Å²) in [5.41, 5.74) is 4.91. The van der Waals surface area contributed by atoms with E-state index in [2.05, 4.69) is 13.8 Å². The summed E-state index contributed by atoms with van der Waals surface area (Å²) in [5.74, 6) is 2.52. The highest BCUT2D eigenvalue weighted by atomic mass is 16.5. The van der Waals surface area contributed by atoms with Crippen LogP contribution in [0.25, 0.3) is 0 Å². The quantitative estimate of drug-likeness (QED) is 0.155. The first-order valence-corrected chi connectivity index (χ1v) is 15.4. The first-order chi connectivity index (χ1) is 22.7. The Morgan fingerprint density at radius 2 is 0.915 bits per heavy atom. The summed E-state index contributed by atoms with van der Waals surface area (Å²) in [6.07, 6.45) is 0. The van der Waals surface area contributed by atoms with Crippen molar-refractivity contribution in [2.45, 2.75) is 26.2 Å². The SMILES string of the molecule is Cc1cccc(Oc2ccc(C(=O)c3cccc(C(=O)c4ccc(Oc5ccc(C(C)(C)c6ccc(O)cc6)cc5)cc4)c3)cc2)c1. The third-order valence-corrected chi connectivity index (χ3v) is 8.25. The van der Waals surface area contributed by atoms with Gasteiger partial charge in [0, 0.05) is 27.7 Å². The summed E-state index contributed by atoms with van der Waals surface area (Å²) < 4.78 is 12.0. The predicted molar refractivity (Wildman–Crippen MR) is 184 cm³/mol. The molecule has 5 nitrogen and oxygen atoms in total. The van der Waals surface area contributed by atoms with Crippen LogP contribution in [-0.2, 0) is 5.41 Å². The van der Waals surface area contributed by atoms with Gasteiger partial charge in [0.15, 0.2) is 11.6 Å². The molecule has 5 heteroatoms. The Bertz CT molecular complexity index is 2020. The molecule has 6 aromatic carbocycles. The van der Waals surface area contributed by atoms with Gasteiger partial charge in [-0.3, -0.25) is 9.59 Å². The summed E-state index contributed by atoms with van der Waals surface area (Å²) in [6, 6.07) is 43.7. The molecule has 0 unspecified atom stereocenters. The van der Waals surface area contributed by atoms with Crippen molar-refractivity contribution in [2.75, 3.05) is 0 Å². The monoisotopic (exact) mass is 618 g/mol. The van der Waals surface area contributed by atoms with Crippen molar-refractivity contribution in [3.63, 3.8) is 0 Å². The first-order valence-electron chi connectivity index (χ1n) is 15.4. The summed E-state index contributed by atoms with van der Waals surface area (Å²) >= 11 is 0. The van der Waals surface area contributed by atoms with Gasteiger partial charge in [-0.2, -0.15) is 0 Å². The topological polar surface area (TPSA) is 72.8 Å². The van der Waals surface area contributed by atoms with Gasteiger partial charge < -0.3 is 14.6 Å². The number of phenolic OH excluding ortho intramolecular Hbond substituents is 1. The molecule has 0 aromatic heterocycles. The molecule has 6 rings (SSSR count). The summed E-state index contributed by atoms with van der Waals surface area (Å²) in [6.45, 7) is 6.27. The van der Waals surface area contributed by atoms with Gasteiger partial charge in [-0.05, 0) is 115 Å². The molecule has 0 bridgehead atoms. The summed E-state index contributed by atoms with van der Waals surface area (Å²) in [4.78, 5) is 26.6. The lowest BCUT2D eigenvalue weighted by Crippen LogP contribution is -2.18. The second kappa shape index (κ2) is 13.2. The fourth-order valence-electron chi connectivity index (χ4n) is 5.42. The molecule has 0 amide bonds. The van der Waals surface area contributed by atoms with Gasteiger partial charge in [-0.25, -0.2) is 0 Å². The molecule has 0 radical (unpaired) electrons. The Hall–Kier alpha value is -5.94. The second-order valence-electron chi connectivity index (χ2n) is 12.0. The van der Waals surface area contributed by atoms with Gasteiger partial charge in [0.25, 0.3) is 0 Å². The highest BCUT2D eigenvalue weighted by Crippen LogP contribution is 2.34. The van der Waals surface area contributed by atoms with Gasteiger partial charge >= 0.3 is 0 Å². The van der Waals surface area contributed by atoms with E-state index in [1.807, 2.05) is 67.6 Å². The van der Waals surface area contributed by atoms with Gasteiger partial charge in [0.1, 0.15) is 28.7 Å². The molecule has 232 valence electrons. The van der Waals surface area contributed by atoms with Crippen LogP contribution in [0.3, 0.4) is 0 Å². The number of rotatable bonds is 10. The van der Waals surface area contributed by atoms with Crippen molar-refractivity contribution in [1.82, 2.24) is 0 Å². The van der Waals surface area contributed by atoms with Crippen LogP contribution in [0.5, 0.6) is 28.7 Å². The van der Waals surface area contributed by atoms with E-state index in [0.29, 0.717) is 39.5 Å². The number of carbonyl (C=O) groups excluding carboxylic acids is 2. The first kappa shape index (κ1) is 31.1. The third-order valence-electron chi connectivity index (χ3n) is 8.25. The van der Waals surface area contributed by atoms with E-state index in [1.165, 1.54) is 0 Å². The zero-order valence-electron chi connectivity index (χ0n) is 26.4. The zero-order valence-corrected chi connectivity index (χ0v) is 26.4. The zero-order chi connectivity index (χ0) is 33.0. The van der Waals surface area contributed by atoms with E-state index in [0.717, 1.165) is 22.4 Å². The fourth-order valence-corrected chi connectivity index (χ4v) is 5.42. The molecule has 47 heavy (non-hydrogen) atoms. The lowest BCUT2D eigenvalue weighted by atomic mass is 9.78. The number of hydrogen-bond acceptors (Lipinski definition) is 5. The van der Waals surface area contributed by atoms with Gasteiger partial charge in [0.2, 0.25) is 0 Å². The van der Waals surface area contributed by atoms with Crippen LogP contribution < -0.4 is 9.47 Å². The number of hydrogen-bond donors (Lipinski definition) is 1.